The first-order valence-electron chi connectivity index (χ1n) is 5.75. The fourth-order valence-corrected chi connectivity index (χ4v) is 2.47. The number of rotatable bonds is 2. The van der Waals surface area contributed by atoms with Crippen molar-refractivity contribution in [1.82, 2.24) is 10.2 Å². The number of nitrogens with one attached hydrogen (secondary N) is 1. The van der Waals surface area contributed by atoms with Crippen LogP contribution >= 0.6 is 22.6 Å². The van der Waals surface area contributed by atoms with Gasteiger partial charge in [-0.25, -0.2) is 0 Å². The lowest BCUT2D eigenvalue weighted by atomic mass is 10.1. The Bertz CT molecular complexity index is 439. The number of carbonyl (C=O) groups excluding carboxylic acids is 1. The highest BCUT2D eigenvalue weighted by molar-refractivity contribution is 14.1. The molecule has 19 heavy (non-hydrogen) atoms. The number of aliphatic hydroxyl groups excluding tert-OH is 3. The van der Waals surface area contributed by atoms with Crippen LogP contribution in [0.25, 0.3) is 0 Å². The summed E-state index contributed by atoms with van der Waals surface area (Å²) in [7, 11) is 0. The molecule has 4 N–H and O–H groups in total. The topological polar surface area (TPSA) is 102 Å². The van der Waals surface area contributed by atoms with E-state index in [1.54, 1.807) is 13.0 Å². The molecule has 0 aromatic rings. The minimum Gasteiger partial charge on any atom is -0.394 e. The zero-order valence-electron chi connectivity index (χ0n) is 10.2. The van der Waals surface area contributed by atoms with Gasteiger partial charge in [-0.3, -0.25) is 4.79 Å². The Labute approximate surface area is 123 Å². The standard InChI is InChI=1S/C11H15IN2O5/c1-2-7-13-10(18)5(12)3-14(7)11-9(17)8(16)6(4-15)19-11/h2-3,6,8-9,11,15-17H,4H2,1H3,(H,13,18). The van der Waals surface area contributed by atoms with Crippen molar-refractivity contribution >= 4 is 28.5 Å². The predicted molar refractivity (Wildman–Crippen MR) is 73.6 cm³/mol. The molecule has 0 saturated carbocycles. The quantitative estimate of drug-likeness (QED) is 0.457. The Morgan fingerprint density at radius 2 is 2.21 bits per heavy atom. The van der Waals surface area contributed by atoms with Gasteiger partial charge in [0, 0.05) is 6.20 Å². The van der Waals surface area contributed by atoms with Crippen molar-refractivity contribution in [3.63, 3.8) is 0 Å². The van der Waals surface area contributed by atoms with Crippen molar-refractivity contribution in [3.05, 3.63) is 21.7 Å². The van der Waals surface area contributed by atoms with Gasteiger partial charge in [0.25, 0.3) is 5.91 Å². The molecular weight excluding hydrogens is 367 g/mol. The van der Waals surface area contributed by atoms with Gasteiger partial charge in [0.05, 0.1) is 10.2 Å². The highest BCUT2D eigenvalue weighted by Crippen LogP contribution is 2.29. The molecule has 2 aliphatic heterocycles. The van der Waals surface area contributed by atoms with Crippen molar-refractivity contribution in [3.8, 4) is 0 Å². The van der Waals surface area contributed by atoms with Gasteiger partial charge >= 0.3 is 0 Å². The van der Waals surface area contributed by atoms with Gasteiger partial charge in [0.2, 0.25) is 0 Å². The molecule has 1 amide bonds. The highest BCUT2D eigenvalue weighted by atomic mass is 127. The number of hydrogen-bond donors (Lipinski definition) is 4. The van der Waals surface area contributed by atoms with Gasteiger partial charge in [-0.1, -0.05) is 0 Å². The Morgan fingerprint density at radius 3 is 2.74 bits per heavy atom. The fourth-order valence-electron chi connectivity index (χ4n) is 2.03. The van der Waals surface area contributed by atoms with Crippen LogP contribution in [0.2, 0.25) is 0 Å². The van der Waals surface area contributed by atoms with Crippen LogP contribution in [0.1, 0.15) is 6.92 Å². The zero-order chi connectivity index (χ0) is 14.2. The van der Waals surface area contributed by atoms with E-state index in [0.29, 0.717) is 9.40 Å². The minimum absolute atomic E-state index is 0.239. The van der Waals surface area contributed by atoms with E-state index in [4.69, 9.17) is 9.84 Å². The number of halogens is 1. The highest BCUT2D eigenvalue weighted by Gasteiger charge is 2.46. The number of aliphatic hydroxyl groups is 3. The van der Waals surface area contributed by atoms with Gasteiger partial charge < -0.3 is 30.3 Å². The molecule has 0 aromatic carbocycles. The molecule has 1 fully saturated rings. The Morgan fingerprint density at radius 1 is 1.53 bits per heavy atom. The molecule has 106 valence electrons. The number of hydrogen-bond acceptors (Lipinski definition) is 6. The third-order valence-corrected chi connectivity index (χ3v) is 3.82. The van der Waals surface area contributed by atoms with E-state index in [1.807, 2.05) is 22.6 Å². The molecular formula is C11H15IN2O5. The largest absolute Gasteiger partial charge is 0.394 e. The van der Waals surface area contributed by atoms with E-state index in [0.717, 1.165) is 0 Å². The summed E-state index contributed by atoms with van der Waals surface area (Å²) in [6.45, 7) is 1.34. The van der Waals surface area contributed by atoms with Crippen LogP contribution in [0.5, 0.6) is 0 Å². The first-order chi connectivity index (χ1) is 8.99. The summed E-state index contributed by atoms with van der Waals surface area (Å²) in [6, 6.07) is 0. The molecule has 7 nitrogen and oxygen atoms in total. The Kier molecular flexibility index (Phi) is 4.46. The molecule has 0 spiro atoms. The Balaban J connectivity index is 2.28. The van der Waals surface area contributed by atoms with Crippen molar-refractivity contribution in [2.24, 2.45) is 0 Å². The van der Waals surface area contributed by atoms with Gasteiger partial charge in [-0.2, -0.15) is 0 Å². The third-order valence-electron chi connectivity index (χ3n) is 3.05. The summed E-state index contributed by atoms with van der Waals surface area (Å²) >= 11 is 1.87. The van der Waals surface area contributed by atoms with E-state index in [1.165, 1.54) is 11.1 Å². The lowest BCUT2D eigenvalue weighted by Gasteiger charge is -2.34. The summed E-state index contributed by atoms with van der Waals surface area (Å²) in [5, 5.41) is 31.4. The van der Waals surface area contributed by atoms with Crippen LogP contribution in [0.15, 0.2) is 21.7 Å². The molecule has 8 heteroatoms. The second-order valence-corrected chi connectivity index (χ2v) is 5.40. The first kappa shape index (κ1) is 14.7. The molecule has 2 aliphatic rings. The van der Waals surface area contributed by atoms with Crippen molar-refractivity contribution < 1.29 is 24.9 Å². The number of amides is 1. The SMILES string of the molecule is CC=C1NC(=O)C(I)=CN1C1OC(CO)C(O)C1O. The number of ether oxygens (including phenoxy) is 1. The third kappa shape index (κ3) is 2.63. The van der Waals surface area contributed by atoms with Crippen molar-refractivity contribution in [2.75, 3.05) is 6.61 Å². The predicted octanol–water partition coefficient (Wildman–Crippen LogP) is -1.01. The maximum atomic E-state index is 11.5. The van der Waals surface area contributed by atoms with E-state index in [9.17, 15) is 15.0 Å². The first-order valence-corrected chi connectivity index (χ1v) is 6.83. The van der Waals surface area contributed by atoms with E-state index < -0.39 is 24.5 Å². The summed E-state index contributed by atoms with van der Waals surface area (Å²) in [6.07, 6.45) is -0.855. The summed E-state index contributed by atoms with van der Waals surface area (Å²) in [5.41, 5.74) is 0. The number of allylic oxidation sites excluding steroid dienone is 1. The summed E-state index contributed by atoms with van der Waals surface area (Å²) in [5.74, 6) is 0.219. The van der Waals surface area contributed by atoms with Gasteiger partial charge in [0.15, 0.2) is 6.23 Å². The van der Waals surface area contributed by atoms with Crippen molar-refractivity contribution in [1.29, 1.82) is 0 Å². The number of nitrogens with zero attached hydrogens (tertiary/aromatic N) is 1. The second kappa shape index (κ2) is 5.75. The van der Waals surface area contributed by atoms with Crippen LogP contribution in [-0.2, 0) is 9.53 Å². The molecule has 0 aromatic heterocycles. The van der Waals surface area contributed by atoms with Crippen molar-refractivity contribution in [2.45, 2.75) is 31.5 Å². The lowest BCUT2D eigenvalue weighted by molar-refractivity contribution is -0.118. The van der Waals surface area contributed by atoms with Crippen LogP contribution < -0.4 is 5.32 Å². The second-order valence-electron chi connectivity index (χ2n) is 4.24. The average Bonchev–Trinajstić information content (AvgIpc) is 2.69. The van der Waals surface area contributed by atoms with Crippen LogP contribution in [0.4, 0.5) is 0 Å². The lowest BCUT2D eigenvalue weighted by Crippen LogP contribution is -2.47. The summed E-state index contributed by atoms with van der Waals surface area (Å²) < 4.78 is 5.86. The fraction of sp³-hybridized carbons (Fsp3) is 0.545. The molecule has 0 aliphatic carbocycles. The Hall–Kier alpha value is -0.680. The normalized spacial score (nSPS) is 37.5. The average molecular weight is 382 g/mol. The van der Waals surface area contributed by atoms with Gasteiger partial charge in [0.1, 0.15) is 24.1 Å². The maximum absolute atomic E-state index is 11.5. The number of carbonyl (C=O) groups is 1. The molecule has 1 saturated heterocycles. The van der Waals surface area contributed by atoms with Crippen LogP contribution in [-0.4, -0.2) is 57.3 Å². The van der Waals surface area contributed by atoms with Gasteiger partial charge in [-0.15, -0.1) is 0 Å². The van der Waals surface area contributed by atoms with Gasteiger partial charge in [-0.05, 0) is 35.6 Å². The van der Waals surface area contributed by atoms with E-state index in [2.05, 4.69) is 5.32 Å². The molecule has 4 atom stereocenters. The molecule has 2 heterocycles. The molecule has 0 radical (unpaired) electrons. The molecule has 2 rings (SSSR count). The smallest absolute Gasteiger partial charge is 0.264 e. The zero-order valence-corrected chi connectivity index (χ0v) is 12.3. The monoisotopic (exact) mass is 382 g/mol. The maximum Gasteiger partial charge on any atom is 0.264 e. The minimum atomic E-state index is -1.18. The van der Waals surface area contributed by atoms with Crippen LogP contribution in [0, 0.1) is 0 Å². The molecule has 0 bridgehead atoms. The van der Waals surface area contributed by atoms with E-state index >= 15 is 0 Å². The van der Waals surface area contributed by atoms with E-state index in [-0.39, 0.29) is 12.5 Å². The molecule has 4 unspecified atom stereocenters. The van der Waals surface area contributed by atoms with Crippen LogP contribution in [0.3, 0.4) is 0 Å². The summed E-state index contributed by atoms with van der Waals surface area (Å²) in [4.78, 5) is 13.1.